The van der Waals surface area contributed by atoms with E-state index in [4.69, 9.17) is 32.7 Å². The molecule has 22 heavy (non-hydrogen) atoms. The van der Waals surface area contributed by atoms with Crippen molar-refractivity contribution in [3.05, 3.63) is 46.5 Å². The number of anilines is 1. The molecule has 1 aliphatic heterocycles. The van der Waals surface area contributed by atoms with Crippen LogP contribution in [0.2, 0.25) is 10.6 Å². The number of hydrogen-bond donors (Lipinski definition) is 0. The van der Waals surface area contributed by atoms with Gasteiger partial charge in [0, 0.05) is 13.1 Å². The predicted molar refractivity (Wildman–Crippen MR) is 83.0 cm³/mol. The molecule has 3 rings (SSSR count). The molecule has 1 fully saturated rings. The lowest BCUT2D eigenvalue weighted by molar-refractivity contribution is 0.0484. The Morgan fingerprint density at radius 2 is 1.82 bits per heavy atom. The van der Waals surface area contributed by atoms with E-state index in [1.54, 1.807) is 0 Å². The van der Waals surface area contributed by atoms with Crippen LogP contribution >= 0.6 is 23.2 Å². The Kier molecular flexibility index (Phi) is 5.04. The van der Waals surface area contributed by atoms with Crippen LogP contribution in [0.3, 0.4) is 0 Å². The first-order chi connectivity index (χ1) is 10.7. The molecule has 0 N–H and O–H groups in total. The monoisotopic (exact) mass is 340 g/mol. The summed E-state index contributed by atoms with van der Waals surface area (Å²) in [7, 11) is 0. The second kappa shape index (κ2) is 7.19. The number of nitrogens with zero attached hydrogens (tertiary/aromatic N) is 4. The summed E-state index contributed by atoms with van der Waals surface area (Å²) in [6.45, 7) is 2.03. The standard InChI is InChI=1S/C14H14Cl2N4O2/c15-12-17-13(16)19-14(18-12)20(7-11-8-21-9-22-11)6-10-4-2-1-3-5-10/h1-5,11H,6-9H2. The van der Waals surface area contributed by atoms with Crippen LogP contribution in [0.4, 0.5) is 5.95 Å². The molecule has 0 aliphatic carbocycles. The fraction of sp³-hybridized carbons (Fsp3) is 0.357. The highest BCUT2D eigenvalue weighted by molar-refractivity contribution is 6.31. The fourth-order valence-electron chi connectivity index (χ4n) is 2.20. The molecule has 1 saturated heterocycles. The Bertz CT molecular complexity index is 603. The Labute approximate surface area is 138 Å². The van der Waals surface area contributed by atoms with Gasteiger partial charge in [-0.3, -0.25) is 0 Å². The summed E-state index contributed by atoms with van der Waals surface area (Å²) < 4.78 is 10.7. The lowest BCUT2D eigenvalue weighted by atomic mass is 10.2. The fourth-order valence-corrected chi connectivity index (χ4v) is 2.56. The lowest BCUT2D eigenvalue weighted by Gasteiger charge is -2.24. The van der Waals surface area contributed by atoms with Crippen LogP contribution in [-0.4, -0.2) is 41.0 Å². The van der Waals surface area contributed by atoms with Crippen LogP contribution in [0, 0.1) is 0 Å². The minimum absolute atomic E-state index is 0.0435. The van der Waals surface area contributed by atoms with Gasteiger partial charge in [0.15, 0.2) is 0 Å². The van der Waals surface area contributed by atoms with Gasteiger partial charge in [-0.2, -0.15) is 15.0 Å². The minimum atomic E-state index is -0.0435. The van der Waals surface area contributed by atoms with Crippen LogP contribution in [-0.2, 0) is 16.0 Å². The predicted octanol–water partition coefficient (Wildman–Crippen LogP) is 2.56. The first-order valence-electron chi connectivity index (χ1n) is 6.76. The van der Waals surface area contributed by atoms with Gasteiger partial charge >= 0.3 is 0 Å². The van der Waals surface area contributed by atoms with Gasteiger partial charge in [0.2, 0.25) is 16.5 Å². The first-order valence-corrected chi connectivity index (χ1v) is 7.51. The number of benzene rings is 1. The SMILES string of the molecule is Clc1nc(Cl)nc(N(Cc2ccccc2)CC2COCO2)n1. The quantitative estimate of drug-likeness (QED) is 0.833. The zero-order valence-corrected chi connectivity index (χ0v) is 13.2. The number of ether oxygens (including phenoxy) is 2. The van der Waals surface area contributed by atoms with E-state index in [0.29, 0.717) is 32.4 Å². The summed E-state index contributed by atoms with van der Waals surface area (Å²) in [6, 6.07) is 10.00. The van der Waals surface area contributed by atoms with Gasteiger partial charge in [0.1, 0.15) is 12.9 Å². The minimum Gasteiger partial charge on any atom is -0.353 e. The molecule has 116 valence electrons. The van der Waals surface area contributed by atoms with E-state index in [0.717, 1.165) is 5.56 Å². The highest BCUT2D eigenvalue weighted by Crippen LogP contribution is 2.18. The van der Waals surface area contributed by atoms with Crippen LogP contribution in [0.5, 0.6) is 0 Å². The summed E-state index contributed by atoms with van der Waals surface area (Å²) in [6.07, 6.45) is -0.0435. The van der Waals surface area contributed by atoms with E-state index in [1.165, 1.54) is 0 Å². The number of aromatic nitrogens is 3. The number of halogens is 2. The Morgan fingerprint density at radius 1 is 1.09 bits per heavy atom. The molecule has 2 heterocycles. The Hall–Kier alpha value is -1.47. The van der Waals surface area contributed by atoms with E-state index in [-0.39, 0.29) is 16.7 Å². The molecule has 1 aromatic heterocycles. The average molecular weight is 341 g/mol. The van der Waals surface area contributed by atoms with Crippen molar-refractivity contribution >= 4 is 29.2 Å². The summed E-state index contributed by atoms with van der Waals surface area (Å²) in [4.78, 5) is 14.1. The highest BCUT2D eigenvalue weighted by atomic mass is 35.5. The maximum Gasteiger partial charge on any atom is 0.231 e. The van der Waals surface area contributed by atoms with Crippen molar-refractivity contribution in [3.8, 4) is 0 Å². The summed E-state index contributed by atoms with van der Waals surface area (Å²) >= 11 is 11.8. The number of rotatable bonds is 5. The zero-order chi connectivity index (χ0) is 15.4. The second-order valence-electron chi connectivity index (χ2n) is 4.82. The molecule has 0 bridgehead atoms. The van der Waals surface area contributed by atoms with Crippen LogP contribution in [0.15, 0.2) is 30.3 Å². The van der Waals surface area contributed by atoms with Crippen molar-refractivity contribution in [3.63, 3.8) is 0 Å². The zero-order valence-electron chi connectivity index (χ0n) is 11.7. The molecular weight excluding hydrogens is 327 g/mol. The van der Waals surface area contributed by atoms with Crippen molar-refractivity contribution < 1.29 is 9.47 Å². The van der Waals surface area contributed by atoms with Gasteiger partial charge in [-0.05, 0) is 28.8 Å². The molecule has 1 atom stereocenters. The van der Waals surface area contributed by atoms with Crippen LogP contribution < -0.4 is 4.90 Å². The molecule has 0 radical (unpaired) electrons. The molecule has 1 aliphatic rings. The van der Waals surface area contributed by atoms with Gasteiger partial charge < -0.3 is 14.4 Å². The largest absolute Gasteiger partial charge is 0.353 e. The first kappa shape index (κ1) is 15.4. The van der Waals surface area contributed by atoms with Crippen molar-refractivity contribution in [2.75, 3.05) is 24.8 Å². The van der Waals surface area contributed by atoms with E-state index in [1.807, 2.05) is 35.2 Å². The smallest absolute Gasteiger partial charge is 0.231 e. The van der Waals surface area contributed by atoms with E-state index in [9.17, 15) is 0 Å². The molecule has 0 saturated carbocycles. The molecule has 6 nitrogen and oxygen atoms in total. The maximum absolute atomic E-state index is 5.88. The number of hydrogen-bond acceptors (Lipinski definition) is 6. The van der Waals surface area contributed by atoms with Crippen molar-refractivity contribution in [2.24, 2.45) is 0 Å². The summed E-state index contributed by atoms with van der Waals surface area (Å²) in [5, 5.41) is 0.133. The molecule has 0 spiro atoms. The molecule has 2 aromatic rings. The Morgan fingerprint density at radius 3 is 2.45 bits per heavy atom. The second-order valence-corrected chi connectivity index (χ2v) is 5.49. The van der Waals surface area contributed by atoms with Crippen LogP contribution in [0.25, 0.3) is 0 Å². The maximum atomic E-state index is 5.88. The van der Waals surface area contributed by atoms with Crippen molar-refractivity contribution in [2.45, 2.75) is 12.6 Å². The third-order valence-electron chi connectivity index (χ3n) is 3.18. The van der Waals surface area contributed by atoms with Gasteiger partial charge in [0.05, 0.1) is 6.61 Å². The molecule has 1 aromatic carbocycles. The average Bonchev–Trinajstić information content (AvgIpc) is 3.00. The van der Waals surface area contributed by atoms with Gasteiger partial charge in [-0.25, -0.2) is 0 Å². The molecule has 0 amide bonds. The van der Waals surface area contributed by atoms with Crippen molar-refractivity contribution in [1.82, 2.24) is 15.0 Å². The molecule has 1 unspecified atom stereocenters. The molecular formula is C14H14Cl2N4O2. The normalized spacial score (nSPS) is 17.6. The highest BCUT2D eigenvalue weighted by Gasteiger charge is 2.22. The topological polar surface area (TPSA) is 60.4 Å². The van der Waals surface area contributed by atoms with E-state index < -0.39 is 0 Å². The third kappa shape index (κ3) is 4.04. The lowest BCUT2D eigenvalue weighted by Crippen LogP contribution is -2.34. The Balaban J connectivity index is 1.84. The van der Waals surface area contributed by atoms with E-state index in [2.05, 4.69) is 15.0 Å². The van der Waals surface area contributed by atoms with Gasteiger partial charge in [0.25, 0.3) is 0 Å². The van der Waals surface area contributed by atoms with Gasteiger partial charge in [-0.15, -0.1) is 0 Å². The summed E-state index contributed by atoms with van der Waals surface area (Å²) in [5.41, 5.74) is 1.12. The van der Waals surface area contributed by atoms with Crippen LogP contribution in [0.1, 0.15) is 5.56 Å². The van der Waals surface area contributed by atoms with Crippen molar-refractivity contribution in [1.29, 1.82) is 0 Å². The summed E-state index contributed by atoms with van der Waals surface area (Å²) in [5.74, 6) is 0.421. The third-order valence-corrected chi connectivity index (χ3v) is 3.52. The van der Waals surface area contributed by atoms with Gasteiger partial charge in [-0.1, -0.05) is 30.3 Å². The molecule has 8 heteroatoms. The van der Waals surface area contributed by atoms with E-state index >= 15 is 0 Å².